The Balaban J connectivity index is 4.62. The van der Waals surface area contributed by atoms with Crippen molar-refractivity contribution < 1.29 is 39.9 Å². The van der Waals surface area contributed by atoms with E-state index in [9.17, 15) is 29.7 Å². The Morgan fingerprint density at radius 2 is 1.06 bits per heavy atom. The van der Waals surface area contributed by atoms with Crippen molar-refractivity contribution in [3.63, 3.8) is 0 Å². The van der Waals surface area contributed by atoms with Crippen molar-refractivity contribution >= 4 is 17.8 Å². The molecule has 0 aromatic rings. The smallest absolute Gasteiger partial charge is 0.317 e. The molecule has 0 bridgehead atoms. The zero-order valence-corrected chi connectivity index (χ0v) is 19.6. The molecule has 13 heteroatoms. The van der Waals surface area contributed by atoms with Gasteiger partial charge in [0.2, 0.25) is 11.8 Å². The van der Waals surface area contributed by atoms with E-state index in [-0.39, 0.29) is 44.5 Å². The maximum Gasteiger partial charge on any atom is 0.317 e. The molecule has 0 radical (unpaired) electrons. The molecule has 194 valence electrons. The van der Waals surface area contributed by atoms with E-state index < -0.39 is 31.4 Å². The number of nitrogens with zero attached hydrogens (tertiary/aromatic N) is 3. The van der Waals surface area contributed by atoms with Gasteiger partial charge in [-0.3, -0.25) is 29.1 Å². The lowest BCUT2D eigenvalue weighted by Gasteiger charge is -2.28. The van der Waals surface area contributed by atoms with Crippen LogP contribution in [0.25, 0.3) is 0 Å². The van der Waals surface area contributed by atoms with E-state index in [1.165, 1.54) is 0 Å². The molecule has 2 unspecified atom stereocenters. The summed E-state index contributed by atoms with van der Waals surface area (Å²) in [5, 5.41) is 50.5. The van der Waals surface area contributed by atoms with Crippen LogP contribution < -0.4 is 10.6 Å². The number of hydrogen-bond donors (Lipinski definition) is 7. The number of carboxylic acid groups (broad SMARTS) is 1. The van der Waals surface area contributed by atoms with Crippen LogP contribution in [0, 0.1) is 0 Å². The fourth-order valence-corrected chi connectivity index (χ4v) is 2.84. The minimum absolute atomic E-state index is 0.0442. The van der Waals surface area contributed by atoms with Gasteiger partial charge in [0.05, 0.1) is 45.1 Å². The minimum Gasteiger partial charge on any atom is -0.480 e. The lowest BCUT2D eigenvalue weighted by molar-refractivity contribution is -0.138. The predicted octanol–water partition coefficient (Wildman–Crippen LogP) is -4.04. The van der Waals surface area contributed by atoms with E-state index in [0.29, 0.717) is 39.3 Å². The second-order valence-corrected chi connectivity index (χ2v) is 7.69. The fourth-order valence-electron chi connectivity index (χ4n) is 2.84. The lowest BCUT2D eigenvalue weighted by atomic mass is 10.3. The van der Waals surface area contributed by atoms with Crippen molar-refractivity contribution in [2.45, 2.75) is 26.1 Å². The molecule has 0 saturated carbocycles. The van der Waals surface area contributed by atoms with Crippen molar-refractivity contribution in [1.82, 2.24) is 25.3 Å². The fraction of sp³-hybridized carbons (Fsp3) is 0.850. The van der Waals surface area contributed by atoms with Crippen LogP contribution in [-0.2, 0) is 14.4 Å². The Hall–Kier alpha value is -1.87. The summed E-state index contributed by atoms with van der Waals surface area (Å²) in [5.41, 5.74) is 0. The van der Waals surface area contributed by atoms with Gasteiger partial charge in [-0.25, -0.2) is 0 Å². The van der Waals surface area contributed by atoms with Gasteiger partial charge in [-0.1, -0.05) is 13.8 Å². The summed E-state index contributed by atoms with van der Waals surface area (Å²) < 4.78 is 0. The topological polar surface area (TPSA) is 186 Å². The molecule has 0 fully saturated rings. The van der Waals surface area contributed by atoms with E-state index in [1.807, 2.05) is 23.6 Å². The number of hydrogen-bond acceptors (Lipinski definition) is 10. The molecule has 0 aromatic carbocycles. The quantitative estimate of drug-likeness (QED) is 0.0901. The first-order valence-corrected chi connectivity index (χ1v) is 11.1. The molecular weight excluding hydrogens is 438 g/mol. The number of carbonyl (C=O) groups excluding carboxylic acids is 2. The van der Waals surface area contributed by atoms with Crippen LogP contribution in [0.1, 0.15) is 13.8 Å². The van der Waals surface area contributed by atoms with E-state index >= 15 is 0 Å². The molecule has 33 heavy (non-hydrogen) atoms. The van der Waals surface area contributed by atoms with Crippen LogP contribution >= 0.6 is 0 Å². The van der Waals surface area contributed by atoms with Gasteiger partial charge in [0.15, 0.2) is 0 Å². The van der Waals surface area contributed by atoms with Crippen molar-refractivity contribution in [2.75, 3.05) is 85.2 Å². The first-order chi connectivity index (χ1) is 15.6. The molecule has 2 amide bonds. The van der Waals surface area contributed by atoms with Crippen molar-refractivity contribution in [3.05, 3.63) is 0 Å². The molecule has 0 aliphatic rings. The van der Waals surface area contributed by atoms with Crippen LogP contribution in [0.15, 0.2) is 0 Å². The van der Waals surface area contributed by atoms with E-state index in [1.54, 1.807) is 4.90 Å². The average Bonchev–Trinajstić information content (AvgIpc) is 2.79. The van der Waals surface area contributed by atoms with Crippen LogP contribution in [-0.4, -0.2) is 155 Å². The lowest BCUT2D eigenvalue weighted by Crippen LogP contribution is -2.46. The number of rotatable bonds is 20. The number of carbonyl (C=O) groups is 3. The second-order valence-electron chi connectivity index (χ2n) is 7.69. The molecule has 0 rings (SSSR count). The van der Waals surface area contributed by atoms with E-state index in [0.717, 1.165) is 0 Å². The standard InChI is InChI=1S/C20H41N5O8/c1-3-23(11-18(30)21-9-16(28)14-26)5-7-25(13-20(32)33)8-6-24(4-2)12-19(31)22-10-17(29)15-27/h16-17,26-29H,3-15H2,1-2H3,(H,21,30)(H,22,31)(H,32,33). The third-order valence-electron chi connectivity index (χ3n) is 4.94. The van der Waals surface area contributed by atoms with Gasteiger partial charge in [-0.15, -0.1) is 0 Å². The van der Waals surface area contributed by atoms with Gasteiger partial charge in [-0.05, 0) is 13.1 Å². The highest BCUT2D eigenvalue weighted by Crippen LogP contribution is 1.97. The summed E-state index contributed by atoms with van der Waals surface area (Å²) in [6.07, 6.45) is -2.03. The van der Waals surface area contributed by atoms with Crippen LogP contribution in [0.2, 0.25) is 0 Å². The summed E-state index contributed by atoms with van der Waals surface area (Å²) >= 11 is 0. The second kappa shape index (κ2) is 18.5. The molecule has 0 aliphatic carbocycles. The monoisotopic (exact) mass is 479 g/mol. The summed E-state index contributed by atoms with van der Waals surface area (Å²) in [7, 11) is 0. The number of aliphatic carboxylic acids is 1. The summed E-state index contributed by atoms with van der Waals surface area (Å²) in [4.78, 5) is 40.7. The van der Waals surface area contributed by atoms with Gasteiger partial charge >= 0.3 is 5.97 Å². The molecule has 0 saturated heterocycles. The predicted molar refractivity (Wildman–Crippen MR) is 121 cm³/mol. The van der Waals surface area contributed by atoms with Crippen LogP contribution in [0.3, 0.4) is 0 Å². The number of aliphatic hydroxyl groups excluding tert-OH is 4. The molecule has 0 spiro atoms. The van der Waals surface area contributed by atoms with E-state index in [2.05, 4.69) is 10.6 Å². The maximum absolute atomic E-state index is 12.0. The molecule has 0 heterocycles. The number of nitrogens with one attached hydrogen (secondary N) is 2. The maximum atomic E-state index is 12.0. The highest BCUT2D eigenvalue weighted by Gasteiger charge is 2.17. The van der Waals surface area contributed by atoms with Crippen LogP contribution in [0.5, 0.6) is 0 Å². The highest BCUT2D eigenvalue weighted by molar-refractivity contribution is 5.78. The Labute approximate surface area is 195 Å². The minimum atomic E-state index is -1.02. The van der Waals surface area contributed by atoms with Crippen molar-refractivity contribution in [3.8, 4) is 0 Å². The Morgan fingerprint density at radius 3 is 1.36 bits per heavy atom. The number of aliphatic hydroxyl groups is 4. The molecule has 7 N–H and O–H groups in total. The zero-order chi connectivity index (χ0) is 25.2. The Bertz CT molecular complexity index is 529. The molecule has 13 nitrogen and oxygen atoms in total. The first-order valence-electron chi connectivity index (χ1n) is 11.1. The summed E-state index contributed by atoms with van der Waals surface area (Å²) in [5.74, 6) is -1.58. The summed E-state index contributed by atoms with van der Waals surface area (Å²) in [6.45, 7) is 5.60. The Morgan fingerprint density at radius 1 is 0.697 bits per heavy atom. The number of carboxylic acids is 1. The van der Waals surface area contributed by atoms with Gasteiger partial charge in [0.1, 0.15) is 0 Å². The Kier molecular flexibility index (Phi) is 17.5. The van der Waals surface area contributed by atoms with Gasteiger partial charge in [0.25, 0.3) is 0 Å². The van der Waals surface area contributed by atoms with Crippen molar-refractivity contribution in [2.24, 2.45) is 0 Å². The van der Waals surface area contributed by atoms with Gasteiger partial charge < -0.3 is 36.2 Å². The molecule has 0 aliphatic heterocycles. The largest absolute Gasteiger partial charge is 0.480 e. The average molecular weight is 480 g/mol. The first kappa shape index (κ1) is 31.1. The number of likely N-dealkylation sites (N-methyl/N-ethyl adjacent to an activating group) is 2. The number of amides is 2. The third-order valence-corrected chi connectivity index (χ3v) is 4.94. The van der Waals surface area contributed by atoms with Gasteiger partial charge in [0, 0.05) is 39.3 Å². The van der Waals surface area contributed by atoms with Crippen molar-refractivity contribution in [1.29, 1.82) is 0 Å². The van der Waals surface area contributed by atoms with Crippen LogP contribution in [0.4, 0.5) is 0 Å². The summed E-state index contributed by atoms with van der Waals surface area (Å²) in [6, 6.07) is 0. The molecular formula is C20H41N5O8. The van der Waals surface area contributed by atoms with Gasteiger partial charge in [-0.2, -0.15) is 0 Å². The normalized spacial score (nSPS) is 13.4. The SMILES string of the molecule is CCN(CCN(CCN(CC)CC(=O)NCC(O)CO)CC(=O)O)CC(=O)NCC(O)CO. The van der Waals surface area contributed by atoms with E-state index in [4.69, 9.17) is 10.2 Å². The molecule has 2 atom stereocenters. The molecule has 0 aromatic heterocycles. The zero-order valence-electron chi connectivity index (χ0n) is 19.6. The highest BCUT2D eigenvalue weighted by atomic mass is 16.4. The third kappa shape index (κ3) is 16.4.